The Morgan fingerprint density at radius 3 is 2.17 bits per heavy atom. The monoisotopic (exact) mass is 261 g/mol. The highest BCUT2D eigenvalue weighted by molar-refractivity contribution is 7.80. The van der Waals surface area contributed by atoms with Crippen molar-refractivity contribution in [1.29, 1.82) is 0 Å². The van der Waals surface area contributed by atoms with Crippen LogP contribution in [0.15, 0.2) is 41.3 Å². The molecular weight excluding hydrogens is 242 g/mol. The molecule has 0 aromatic heterocycles. The quantitative estimate of drug-likeness (QED) is 0.711. The Balaban J connectivity index is 0.000000169. The molecule has 2 aromatic rings. The van der Waals surface area contributed by atoms with Gasteiger partial charge in [0.15, 0.2) is 0 Å². The molecule has 0 unspecified atom stereocenters. The van der Waals surface area contributed by atoms with Gasteiger partial charge in [0, 0.05) is 18.0 Å². The Labute approximate surface area is 114 Å². The SMILES string of the molecule is C1COCCN1.Cc1ccc(S)c2ccccc12. The minimum absolute atomic E-state index is 0.889. The number of morpholine rings is 1. The Kier molecular flexibility index (Phi) is 5.05. The normalized spacial score (nSPS) is 15.0. The number of hydrogen-bond acceptors (Lipinski definition) is 3. The van der Waals surface area contributed by atoms with E-state index >= 15 is 0 Å². The van der Waals surface area contributed by atoms with Crippen molar-refractivity contribution in [3.8, 4) is 0 Å². The standard InChI is InChI=1S/C11H10S.C4H9NO/c1-8-6-7-11(12)10-5-3-2-4-9(8)10;1-3-6-4-2-5-1/h2-7,12H,1H3;5H,1-4H2. The van der Waals surface area contributed by atoms with Crippen LogP contribution in [0.1, 0.15) is 5.56 Å². The lowest BCUT2D eigenvalue weighted by molar-refractivity contribution is 0.109. The average molecular weight is 261 g/mol. The second-order valence-electron chi connectivity index (χ2n) is 4.31. The Bertz CT molecular complexity index is 457. The van der Waals surface area contributed by atoms with Gasteiger partial charge in [0.05, 0.1) is 13.2 Å². The molecule has 0 atom stereocenters. The van der Waals surface area contributed by atoms with Crippen LogP contribution in [0, 0.1) is 6.92 Å². The fourth-order valence-electron chi connectivity index (χ4n) is 1.95. The largest absolute Gasteiger partial charge is 0.379 e. The minimum Gasteiger partial charge on any atom is -0.379 e. The molecule has 0 amide bonds. The van der Waals surface area contributed by atoms with Crippen molar-refractivity contribution in [1.82, 2.24) is 5.32 Å². The second kappa shape index (κ2) is 6.78. The Morgan fingerprint density at radius 2 is 1.67 bits per heavy atom. The van der Waals surface area contributed by atoms with Crippen molar-refractivity contribution in [2.24, 2.45) is 0 Å². The molecule has 0 saturated carbocycles. The van der Waals surface area contributed by atoms with Gasteiger partial charge in [-0.3, -0.25) is 0 Å². The number of nitrogens with one attached hydrogen (secondary N) is 1. The van der Waals surface area contributed by atoms with Crippen LogP contribution in [0.3, 0.4) is 0 Å². The molecule has 1 fully saturated rings. The van der Waals surface area contributed by atoms with E-state index in [2.05, 4.69) is 49.1 Å². The lowest BCUT2D eigenvalue weighted by Gasteiger charge is -2.10. The summed E-state index contributed by atoms with van der Waals surface area (Å²) in [6.45, 7) is 5.95. The van der Waals surface area contributed by atoms with E-state index in [9.17, 15) is 0 Å². The van der Waals surface area contributed by atoms with Crippen molar-refractivity contribution >= 4 is 23.4 Å². The fraction of sp³-hybridized carbons (Fsp3) is 0.333. The molecule has 1 saturated heterocycles. The van der Waals surface area contributed by atoms with Gasteiger partial charge in [-0.25, -0.2) is 0 Å². The Morgan fingerprint density at radius 1 is 1.00 bits per heavy atom. The average Bonchev–Trinajstić information content (AvgIpc) is 2.46. The third kappa shape index (κ3) is 3.48. The van der Waals surface area contributed by atoms with Crippen molar-refractivity contribution in [2.75, 3.05) is 26.3 Å². The summed E-state index contributed by atoms with van der Waals surface area (Å²) < 4.78 is 5.01. The first-order valence-electron chi connectivity index (χ1n) is 6.25. The minimum atomic E-state index is 0.889. The zero-order valence-corrected chi connectivity index (χ0v) is 11.5. The van der Waals surface area contributed by atoms with Crippen LogP contribution in [-0.2, 0) is 4.74 Å². The van der Waals surface area contributed by atoms with Crippen LogP contribution < -0.4 is 5.32 Å². The van der Waals surface area contributed by atoms with E-state index < -0.39 is 0 Å². The predicted molar refractivity (Wildman–Crippen MR) is 79.6 cm³/mol. The van der Waals surface area contributed by atoms with Gasteiger partial charge in [-0.1, -0.05) is 30.3 Å². The summed E-state index contributed by atoms with van der Waals surface area (Å²) in [5.74, 6) is 0. The molecule has 96 valence electrons. The third-order valence-corrected chi connectivity index (χ3v) is 3.36. The highest BCUT2D eigenvalue weighted by Gasteiger charge is 1.98. The number of hydrogen-bond donors (Lipinski definition) is 2. The van der Waals surface area contributed by atoms with Gasteiger partial charge in [0.2, 0.25) is 0 Å². The zero-order valence-electron chi connectivity index (χ0n) is 10.6. The first-order valence-corrected chi connectivity index (χ1v) is 6.69. The number of benzene rings is 2. The lowest BCUT2D eigenvalue weighted by Crippen LogP contribution is -2.30. The van der Waals surface area contributed by atoms with Crippen LogP contribution >= 0.6 is 12.6 Å². The van der Waals surface area contributed by atoms with Gasteiger partial charge in [-0.2, -0.15) is 0 Å². The summed E-state index contributed by atoms with van der Waals surface area (Å²) >= 11 is 4.40. The molecule has 2 nitrogen and oxygen atoms in total. The Hall–Kier alpha value is -1.03. The topological polar surface area (TPSA) is 21.3 Å². The van der Waals surface area contributed by atoms with Gasteiger partial charge in [0.25, 0.3) is 0 Å². The van der Waals surface area contributed by atoms with E-state index in [1.807, 2.05) is 12.1 Å². The van der Waals surface area contributed by atoms with Gasteiger partial charge >= 0.3 is 0 Å². The van der Waals surface area contributed by atoms with Gasteiger partial charge in [-0.05, 0) is 29.3 Å². The van der Waals surface area contributed by atoms with Crippen LogP contribution in [0.4, 0.5) is 0 Å². The summed E-state index contributed by atoms with van der Waals surface area (Å²) in [6.07, 6.45) is 0. The van der Waals surface area contributed by atoms with Crippen LogP contribution in [0.5, 0.6) is 0 Å². The summed E-state index contributed by atoms with van der Waals surface area (Å²) in [5.41, 5.74) is 1.31. The van der Waals surface area contributed by atoms with E-state index in [-0.39, 0.29) is 0 Å². The zero-order chi connectivity index (χ0) is 12.8. The van der Waals surface area contributed by atoms with E-state index in [1.54, 1.807) is 0 Å². The molecule has 1 aliphatic heterocycles. The smallest absolute Gasteiger partial charge is 0.0591 e. The van der Waals surface area contributed by atoms with E-state index in [1.165, 1.54) is 16.3 Å². The highest BCUT2D eigenvalue weighted by Crippen LogP contribution is 2.24. The maximum atomic E-state index is 5.01. The van der Waals surface area contributed by atoms with Crippen molar-refractivity contribution in [3.05, 3.63) is 42.0 Å². The molecule has 18 heavy (non-hydrogen) atoms. The summed E-state index contributed by atoms with van der Waals surface area (Å²) in [5, 5.41) is 5.69. The highest BCUT2D eigenvalue weighted by atomic mass is 32.1. The summed E-state index contributed by atoms with van der Waals surface area (Å²) in [7, 11) is 0. The van der Waals surface area contributed by atoms with Gasteiger partial charge in [-0.15, -0.1) is 12.6 Å². The van der Waals surface area contributed by atoms with Crippen LogP contribution in [0.2, 0.25) is 0 Å². The molecule has 0 bridgehead atoms. The molecule has 1 aliphatic rings. The molecule has 1 heterocycles. The molecule has 0 aliphatic carbocycles. The number of fused-ring (bicyclic) bond motifs is 1. The fourth-order valence-corrected chi connectivity index (χ4v) is 2.22. The first-order chi connectivity index (χ1) is 8.79. The number of rotatable bonds is 0. The van der Waals surface area contributed by atoms with Crippen LogP contribution in [-0.4, -0.2) is 26.3 Å². The number of ether oxygens (including phenoxy) is 1. The van der Waals surface area contributed by atoms with Crippen molar-refractivity contribution in [3.63, 3.8) is 0 Å². The molecule has 3 rings (SSSR count). The van der Waals surface area contributed by atoms with E-state index in [0.717, 1.165) is 31.2 Å². The summed E-state index contributed by atoms with van der Waals surface area (Å²) in [6, 6.07) is 12.5. The van der Waals surface area contributed by atoms with E-state index in [4.69, 9.17) is 4.74 Å². The van der Waals surface area contributed by atoms with Gasteiger partial charge < -0.3 is 10.1 Å². The molecule has 0 spiro atoms. The van der Waals surface area contributed by atoms with Crippen LogP contribution in [0.25, 0.3) is 10.8 Å². The third-order valence-electron chi connectivity index (χ3n) is 2.97. The molecular formula is C15H19NOS. The summed E-state index contributed by atoms with van der Waals surface area (Å²) in [4.78, 5) is 1.05. The van der Waals surface area contributed by atoms with E-state index in [0.29, 0.717) is 0 Å². The maximum Gasteiger partial charge on any atom is 0.0591 e. The number of aryl methyl sites for hydroxylation is 1. The van der Waals surface area contributed by atoms with Gasteiger partial charge in [0.1, 0.15) is 0 Å². The first kappa shape index (κ1) is 13.4. The lowest BCUT2D eigenvalue weighted by atomic mass is 10.1. The molecule has 2 aromatic carbocycles. The molecule has 1 N–H and O–H groups in total. The maximum absolute atomic E-state index is 5.01. The second-order valence-corrected chi connectivity index (χ2v) is 4.79. The molecule has 0 radical (unpaired) electrons. The number of thiol groups is 1. The molecule has 3 heteroatoms. The predicted octanol–water partition coefficient (Wildman–Crippen LogP) is 3.04. The van der Waals surface area contributed by atoms with Crippen molar-refractivity contribution < 1.29 is 4.74 Å². The van der Waals surface area contributed by atoms with Crippen molar-refractivity contribution in [2.45, 2.75) is 11.8 Å².